The molecule has 0 unspecified atom stereocenters. The van der Waals surface area contributed by atoms with E-state index in [0.29, 0.717) is 48.3 Å². The zero-order valence-electron chi connectivity index (χ0n) is 23.9. The number of benzene rings is 3. The number of hydrogen-bond acceptors (Lipinski definition) is 7. The van der Waals surface area contributed by atoms with Crippen LogP contribution in [0.1, 0.15) is 41.1 Å². The summed E-state index contributed by atoms with van der Waals surface area (Å²) in [6.45, 7) is 3.62. The summed E-state index contributed by atoms with van der Waals surface area (Å²) >= 11 is 0. The summed E-state index contributed by atoms with van der Waals surface area (Å²) in [4.78, 5) is 26.4. The Morgan fingerprint density at radius 1 is 0.930 bits per heavy atom. The minimum atomic E-state index is -0.633. The van der Waals surface area contributed by atoms with Gasteiger partial charge in [0.1, 0.15) is 18.2 Å². The highest BCUT2D eigenvalue weighted by Gasteiger charge is 2.64. The lowest BCUT2D eigenvalue weighted by molar-refractivity contribution is -0.166. The first-order valence-corrected chi connectivity index (χ1v) is 14.6. The van der Waals surface area contributed by atoms with Gasteiger partial charge in [-0.2, -0.15) is 0 Å². The van der Waals surface area contributed by atoms with Gasteiger partial charge < -0.3 is 19.5 Å². The zero-order chi connectivity index (χ0) is 29.2. The van der Waals surface area contributed by atoms with Crippen LogP contribution in [-0.4, -0.2) is 43.7 Å². The van der Waals surface area contributed by atoms with Gasteiger partial charge in [0, 0.05) is 11.5 Å². The Morgan fingerprint density at radius 2 is 1.60 bits per heavy atom. The minimum absolute atomic E-state index is 0.0405. The molecule has 218 valence electrons. The van der Waals surface area contributed by atoms with Gasteiger partial charge in [-0.15, -0.1) is 0 Å². The summed E-state index contributed by atoms with van der Waals surface area (Å²) in [6, 6.07) is 29.4. The molecule has 2 bridgehead atoms. The Hall–Kier alpha value is -4.44. The summed E-state index contributed by atoms with van der Waals surface area (Å²) in [7, 11) is 0. The molecule has 2 fully saturated rings. The van der Waals surface area contributed by atoms with Gasteiger partial charge in [-0.25, -0.2) is 15.0 Å². The SMILES string of the molecule is C[C@H]1C[C@]2(COCc3ccccc3)O[C@@H](n3cnc4c(NC(=O)c5ccccc5)ncnc43)[C@H]1[C@@H]2OCc1ccccc1. The van der Waals surface area contributed by atoms with Gasteiger partial charge in [0.15, 0.2) is 17.0 Å². The molecule has 5 atom stereocenters. The van der Waals surface area contributed by atoms with Crippen LogP contribution < -0.4 is 5.32 Å². The number of rotatable bonds is 10. The predicted octanol–water partition coefficient (Wildman–Crippen LogP) is 5.80. The van der Waals surface area contributed by atoms with E-state index in [0.717, 1.165) is 17.5 Å². The van der Waals surface area contributed by atoms with Crippen molar-refractivity contribution in [3.05, 3.63) is 120 Å². The van der Waals surface area contributed by atoms with Gasteiger partial charge >= 0.3 is 0 Å². The van der Waals surface area contributed by atoms with E-state index in [-0.39, 0.29) is 24.2 Å². The largest absolute Gasteiger partial charge is 0.374 e. The number of carbonyl (C=O) groups excluding carboxylic acids is 1. The number of hydrogen-bond donors (Lipinski definition) is 1. The molecule has 3 aromatic carbocycles. The predicted molar refractivity (Wildman–Crippen MR) is 161 cm³/mol. The molecule has 0 radical (unpaired) electrons. The summed E-state index contributed by atoms with van der Waals surface area (Å²) in [5, 5.41) is 2.89. The van der Waals surface area contributed by atoms with E-state index in [2.05, 4.69) is 51.5 Å². The van der Waals surface area contributed by atoms with Gasteiger partial charge in [0.05, 0.1) is 32.3 Å². The van der Waals surface area contributed by atoms with Crippen molar-refractivity contribution in [3.8, 4) is 0 Å². The normalized spacial score (nSPS) is 24.4. The zero-order valence-corrected chi connectivity index (χ0v) is 23.9. The summed E-state index contributed by atoms with van der Waals surface area (Å²) in [5.74, 6) is 0.436. The monoisotopic (exact) mass is 575 g/mol. The Balaban J connectivity index is 1.17. The van der Waals surface area contributed by atoms with Crippen molar-refractivity contribution in [2.75, 3.05) is 11.9 Å². The number of anilines is 1. The van der Waals surface area contributed by atoms with Gasteiger partial charge in [-0.3, -0.25) is 9.36 Å². The molecule has 0 spiro atoms. The van der Waals surface area contributed by atoms with Gasteiger partial charge in [-0.1, -0.05) is 85.8 Å². The summed E-state index contributed by atoms with van der Waals surface area (Å²) in [5.41, 5.74) is 3.21. The highest BCUT2D eigenvalue weighted by molar-refractivity contribution is 6.06. The van der Waals surface area contributed by atoms with Gasteiger partial charge in [0.2, 0.25) is 0 Å². The number of imidazole rings is 1. The molecule has 1 aliphatic carbocycles. The standard InChI is InChI=1S/C34H33N5O4/c1-23-17-34(20-41-18-24-11-5-2-6-12-24)29(42-19-25-13-7-3-8-14-25)27(23)33(43-34)39-22-37-28-30(35-21-36-31(28)39)38-32(40)26-15-9-4-10-16-26/h2-16,21-23,27,29,33H,17-20H2,1H3,(H,35,36,38,40)/t23-,27+,29-,33+,34+/m0/s1. The molecule has 1 N–H and O–H groups in total. The van der Waals surface area contributed by atoms with Gasteiger partial charge in [0.25, 0.3) is 5.91 Å². The average Bonchev–Trinajstić information content (AvgIpc) is 3.69. The lowest BCUT2D eigenvalue weighted by Crippen LogP contribution is -2.43. The Kier molecular flexibility index (Phi) is 7.44. The molecule has 1 saturated carbocycles. The molecule has 9 heteroatoms. The maximum atomic E-state index is 12.9. The van der Waals surface area contributed by atoms with E-state index in [1.54, 1.807) is 18.5 Å². The van der Waals surface area contributed by atoms with Crippen molar-refractivity contribution >= 4 is 22.9 Å². The number of fused-ring (bicyclic) bond motifs is 3. The highest BCUT2D eigenvalue weighted by atomic mass is 16.6. The quantitative estimate of drug-likeness (QED) is 0.225. The molecule has 1 aliphatic heterocycles. The third kappa shape index (κ3) is 5.31. The first-order valence-electron chi connectivity index (χ1n) is 14.6. The molecule has 2 aromatic heterocycles. The molecular weight excluding hydrogens is 542 g/mol. The van der Waals surface area contributed by atoms with Crippen molar-refractivity contribution in [1.82, 2.24) is 19.5 Å². The topological polar surface area (TPSA) is 100 Å². The number of ether oxygens (including phenoxy) is 3. The second kappa shape index (κ2) is 11.7. The number of nitrogens with zero attached hydrogens (tertiary/aromatic N) is 4. The second-order valence-electron chi connectivity index (χ2n) is 11.4. The number of amides is 1. The highest BCUT2D eigenvalue weighted by Crippen LogP contribution is 2.57. The Morgan fingerprint density at radius 3 is 2.33 bits per heavy atom. The van der Waals surface area contributed by atoms with Crippen LogP contribution in [0, 0.1) is 11.8 Å². The molecule has 9 nitrogen and oxygen atoms in total. The van der Waals surface area contributed by atoms with E-state index >= 15 is 0 Å². The van der Waals surface area contributed by atoms with Crippen LogP contribution in [0.4, 0.5) is 5.82 Å². The Bertz CT molecular complexity index is 1700. The third-order valence-electron chi connectivity index (χ3n) is 8.51. The van der Waals surface area contributed by atoms with E-state index < -0.39 is 5.60 Å². The number of nitrogens with one attached hydrogen (secondary N) is 1. The third-order valence-corrected chi connectivity index (χ3v) is 8.51. The Labute approximate surface area is 249 Å². The minimum Gasteiger partial charge on any atom is -0.374 e. The summed E-state index contributed by atoms with van der Waals surface area (Å²) < 4.78 is 21.9. The van der Waals surface area contributed by atoms with Crippen molar-refractivity contribution in [3.63, 3.8) is 0 Å². The van der Waals surface area contributed by atoms with E-state index in [1.165, 1.54) is 6.33 Å². The molecule has 5 aromatic rings. The molecule has 1 amide bonds. The smallest absolute Gasteiger partial charge is 0.256 e. The van der Waals surface area contributed by atoms with Gasteiger partial charge in [-0.05, 0) is 35.6 Å². The van der Waals surface area contributed by atoms with Crippen LogP contribution in [0.2, 0.25) is 0 Å². The maximum absolute atomic E-state index is 12.9. The van der Waals surface area contributed by atoms with Crippen molar-refractivity contribution in [1.29, 1.82) is 0 Å². The molecule has 7 rings (SSSR count). The van der Waals surface area contributed by atoms with E-state index in [9.17, 15) is 4.79 Å². The fraction of sp³-hybridized carbons (Fsp3) is 0.294. The maximum Gasteiger partial charge on any atom is 0.256 e. The van der Waals surface area contributed by atoms with E-state index in [1.807, 2.05) is 59.2 Å². The lowest BCUT2D eigenvalue weighted by Gasteiger charge is -2.34. The number of aromatic nitrogens is 4. The van der Waals surface area contributed by atoms with Crippen molar-refractivity contribution in [2.45, 2.75) is 44.5 Å². The average molecular weight is 576 g/mol. The number of carbonyl (C=O) groups is 1. The van der Waals surface area contributed by atoms with Crippen molar-refractivity contribution in [2.24, 2.45) is 11.8 Å². The molecule has 2 aliphatic rings. The molecule has 1 saturated heterocycles. The van der Waals surface area contributed by atoms with Crippen LogP contribution in [-0.2, 0) is 27.4 Å². The first kappa shape index (κ1) is 27.4. The lowest BCUT2D eigenvalue weighted by atomic mass is 9.94. The van der Waals surface area contributed by atoms with Crippen LogP contribution in [0.3, 0.4) is 0 Å². The second-order valence-corrected chi connectivity index (χ2v) is 11.4. The molecule has 3 heterocycles. The van der Waals surface area contributed by atoms with Crippen molar-refractivity contribution < 1.29 is 19.0 Å². The van der Waals surface area contributed by atoms with E-state index in [4.69, 9.17) is 14.2 Å². The van der Waals surface area contributed by atoms with Crippen LogP contribution in [0.5, 0.6) is 0 Å². The molecule has 43 heavy (non-hydrogen) atoms. The first-order chi connectivity index (χ1) is 21.1. The fourth-order valence-corrected chi connectivity index (χ4v) is 6.57. The molecular formula is C34H33N5O4. The van der Waals surface area contributed by atoms with Crippen LogP contribution >= 0.6 is 0 Å². The summed E-state index contributed by atoms with van der Waals surface area (Å²) in [6.07, 6.45) is 3.42. The van der Waals surface area contributed by atoms with Crippen LogP contribution in [0.15, 0.2) is 104 Å². The fourth-order valence-electron chi connectivity index (χ4n) is 6.57. The van der Waals surface area contributed by atoms with Crippen LogP contribution in [0.25, 0.3) is 11.2 Å².